The van der Waals surface area contributed by atoms with Crippen molar-refractivity contribution in [3.8, 4) is 5.75 Å². The van der Waals surface area contributed by atoms with Crippen LogP contribution in [0.3, 0.4) is 0 Å². The summed E-state index contributed by atoms with van der Waals surface area (Å²) in [5.41, 5.74) is 0.293. The number of rotatable bonds is 3. The van der Waals surface area contributed by atoms with Gasteiger partial charge in [0, 0.05) is 6.42 Å². The van der Waals surface area contributed by atoms with Crippen LogP contribution in [0, 0.1) is 5.82 Å². The van der Waals surface area contributed by atoms with Crippen molar-refractivity contribution >= 4 is 0 Å². The molecule has 0 fully saturated rings. The summed E-state index contributed by atoms with van der Waals surface area (Å²) in [7, 11) is 0. The summed E-state index contributed by atoms with van der Waals surface area (Å²) in [6.07, 6.45) is -0.923. The summed E-state index contributed by atoms with van der Waals surface area (Å²) >= 11 is 0. The lowest BCUT2D eigenvalue weighted by atomic mass is 10.1. The summed E-state index contributed by atoms with van der Waals surface area (Å²) in [4.78, 5) is 0. The van der Waals surface area contributed by atoms with Gasteiger partial charge in [-0.2, -0.15) is 0 Å². The van der Waals surface area contributed by atoms with Gasteiger partial charge in [0.05, 0.1) is 12.7 Å². The molecule has 1 rings (SSSR count). The number of phenolic OH excluding ortho intramolecular Hbond substituents is 1. The van der Waals surface area contributed by atoms with Gasteiger partial charge in [-0.15, -0.1) is 0 Å². The second-order valence-corrected chi connectivity index (χ2v) is 2.81. The Labute approximate surface area is 75.1 Å². The van der Waals surface area contributed by atoms with E-state index in [-0.39, 0.29) is 12.2 Å². The Hall–Kier alpha value is -1.13. The number of phenols is 1. The Morgan fingerprint density at radius 3 is 2.69 bits per heavy atom. The van der Waals surface area contributed by atoms with E-state index < -0.39 is 18.5 Å². The Kier molecular flexibility index (Phi) is 3.22. The minimum atomic E-state index is -0.965. The molecule has 0 aliphatic heterocycles. The van der Waals surface area contributed by atoms with Crippen LogP contribution in [0.4, 0.5) is 4.39 Å². The molecule has 3 nitrogen and oxygen atoms in total. The van der Waals surface area contributed by atoms with Crippen LogP contribution in [0.15, 0.2) is 18.2 Å². The fraction of sp³-hybridized carbons (Fsp3) is 0.333. The molecule has 4 heteroatoms. The van der Waals surface area contributed by atoms with Gasteiger partial charge in [0.1, 0.15) is 11.6 Å². The summed E-state index contributed by atoms with van der Waals surface area (Å²) in [5, 5.41) is 26.8. The molecule has 72 valence electrons. The number of halogens is 1. The average molecular weight is 186 g/mol. The predicted octanol–water partition coefficient (Wildman–Crippen LogP) is 0.427. The molecule has 0 radical (unpaired) electrons. The van der Waals surface area contributed by atoms with Gasteiger partial charge in [-0.05, 0) is 23.8 Å². The first-order valence-electron chi connectivity index (χ1n) is 3.90. The first kappa shape index (κ1) is 9.95. The van der Waals surface area contributed by atoms with Crippen molar-refractivity contribution in [3.63, 3.8) is 0 Å². The third kappa shape index (κ3) is 2.68. The highest BCUT2D eigenvalue weighted by atomic mass is 19.1. The second-order valence-electron chi connectivity index (χ2n) is 2.81. The van der Waals surface area contributed by atoms with Crippen LogP contribution in [-0.4, -0.2) is 28.0 Å². The molecule has 0 amide bonds. The molecule has 0 saturated heterocycles. The molecule has 3 N–H and O–H groups in total. The second kappa shape index (κ2) is 4.20. The monoisotopic (exact) mass is 186 g/mol. The molecule has 13 heavy (non-hydrogen) atoms. The van der Waals surface area contributed by atoms with Crippen molar-refractivity contribution in [2.75, 3.05) is 6.61 Å². The molecule has 0 aliphatic carbocycles. The van der Waals surface area contributed by atoms with Gasteiger partial charge in [0.25, 0.3) is 0 Å². The predicted molar refractivity (Wildman–Crippen MR) is 44.9 cm³/mol. The zero-order valence-electron chi connectivity index (χ0n) is 6.94. The maximum atomic E-state index is 12.6. The van der Waals surface area contributed by atoms with Crippen molar-refractivity contribution in [3.05, 3.63) is 29.6 Å². The lowest BCUT2D eigenvalue weighted by Crippen LogP contribution is -2.15. The number of aromatic hydroxyl groups is 1. The molecular formula is C9H11FO3. The molecule has 1 atom stereocenters. The Balaban J connectivity index is 2.81. The first-order valence-corrected chi connectivity index (χ1v) is 3.90. The summed E-state index contributed by atoms with van der Waals surface area (Å²) < 4.78 is 12.6. The Bertz CT molecular complexity index is 288. The van der Waals surface area contributed by atoms with Crippen molar-refractivity contribution < 1.29 is 19.7 Å². The van der Waals surface area contributed by atoms with Crippen molar-refractivity contribution in [1.29, 1.82) is 0 Å². The lowest BCUT2D eigenvalue weighted by Gasteiger charge is -2.08. The van der Waals surface area contributed by atoms with Crippen LogP contribution >= 0.6 is 0 Å². The molecular weight excluding hydrogens is 175 g/mol. The zero-order chi connectivity index (χ0) is 9.84. The van der Waals surface area contributed by atoms with Gasteiger partial charge in [0.2, 0.25) is 0 Å². The zero-order valence-corrected chi connectivity index (χ0v) is 6.94. The summed E-state index contributed by atoms with van der Waals surface area (Å²) in [6, 6.07) is 3.48. The van der Waals surface area contributed by atoms with E-state index in [0.29, 0.717) is 5.56 Å². The standard InChI is InChI=1S/C9H11FO3/c10-7-1-2-9(13)6(3-7)4-8(12)5-11/h1-3,8,11-13H,4-5H2. The molecule has 0 saturated carbocycles. The highest BCUT2D eigenvalue weighted by Gasteiger charge is 2.08. The Morgan fingerprint density at radius 1 is 1.38 bits per heavy atom. The van der Waals surface area contributed by atoms with Crippen molar-refractivity contribution in [2.45, 2.75) is 12.5 Å². The molecule has 0 aromatic heterocycles. The van der Waals surface area contributed by atoms with Crippen LogP contribution in [0.25, 0.3) is 0 Å². The fourth-order valence-corrected chi connectivity index (χ4v) is 1.04. The quantitative estimate of drug-likeness (QED) is 0.641. The minimum absolute atomic E-state index is 0.0418. The van der Waals surface area contributed by atoms with Gasteiger partial charge < -0.3 is 15.3 Å². The maximum Gasteiger partial charge on any atom is 0.123 e. The fourth-order valence-electron chi connectivity index (χ4n) is 1.04. The van der Waals surface area contributed by atoms with Gasteiger partial charge in [-0.3, -0.25) is 0 Å². The molecule has 0 heterocycles. The average Bonchev–Trinajstić information content (AvgIpc) is 2.11. The van der Waals surface area contributed by atoms with Crippen molar-refractivity contribution in [1.82, 2.24) is 0 Å². The molecule has 1 unspecified atom stereocenters. The maximum absolute atomic E-state index is 12.6. The third-order valence-corrected chi connectivity index (χ3v) is 1.71. The largest absolute Gasteiger partial charge is 0.508 e. The Morgan fingerprint density at radius 2 is 2.08 bits per heavy atom. The van der Waals surface area contributed by atoms with Crippen molar-refractivity contribution in [2.24, 2.45) is 0 Å². The van der Waals surface area contributed by atoms with Gasteiger partial charge in [-0.1, -0.05) is 0 Å². The van der Waals surface area contributed by atoms with Crippen LogP contribution in [0.5, 0.6) is 5.75 Å². The number of aliphatic hydroxyl groups is 2. The van der Waals surface area contributed by atoms with Crippen LogP contribution in [0.2, 0.25) is 0 Å². The minimum Gasteiger partial charge on any atom is -0.508 e. The van der Waals surface area contributed by atoms with E-state index in [1.165, 1.54) is 6.07 Å². The van der Waals surface area contributed by atoms with Gasteiger partial charge in [-0.25, -0.2) is 4.39 Å². The van der Waals surface area contributed by atoms with E-state index in [1.807, 2.05) is 0 Å². The first-order chi connectivity index (χ1) is 6.13. The molecule has 1 aromatic rings. The van der Waals surface area contributed by atoms with Crippen LogP contribution in [0.1, 0.15) is 5.56 Å². The molecule has 1 aromatic carbocycles. The van der Waals surface area contributed by atoms with E-state index in [0.717, 1.165) is 12.1 Å². The normalized spacial score (nSPS) is 12.8. The van der Waals surface area contributed by atoms with Crippen LogP contribution < -0.4 is 0 Å². The lowest BCUT2D eigenvalue weighted by molar-refractivity contribution is 0.0949. The molecule has 0 spiro atoms. The third-order valence-electron chi connectivity index (χ3n) is 1.71. The highest BCUT2D eigenvalue weighted by Crippen LogP contribution is 2.19. The number of aliphatic hydroxyl groups excluding tert-OH is 2. The SMILES string of the molecule is OCC(O)Cc1cc(F)ccc1O. The van der Waals surface area contributed by atoms with E-state index in [9.17, 15) is 9.50 Å². The van der Waals surface area contributed by atoms with E-state index in [2.05, 4.69) is 0 Å². The number of benzene rings is 1. The molecule has 0 aliphatic rings. The number of hydrogen-bond acceptors (Lipinski definition) is 3. The van der Waals surface area contributed by atoms with Gasteiger partial charge in [0.15, 0.2) is 0 Å². The number of hydrogen-bond donors (Lipinski definition) is 3. The molecule has 0 bridgehead atoms. The highest BCUT2D eigenvalue weighted by molar-refractivity contribution is 5.32. The summed E-state index contributed by atoms with van der Waals surface area (Å²) in [5.74, 6) is -0.549. The summed E-state index contributed by atoms with van der Waals surface area (Å²) in [6.45, 7) is -0.407. The van der Waals surface area contributed by atoms with E-state index in [4.69, 9.17) is 10.2 Å². The topological polar surface area (TPSA) is 60.7 Å². The van der Waals surface area contributed by atoms with E-state index in [1.54, 1.807) is 0 Å². The van der Waals surface area contributed by atoms with E-state index >= 15 is 0 Å². The smallest absolute Gasteiger partial charge is 0.123 e. The van der Waals surface area contributed by atoms with Gasteiger partial charge >= 0.3 is 0 Å². The van der Waals surface area contributed by atoms with Crippen LogP contribution in [-0.2, 0) is 6.42 Å².